The number of aromatic nitrogens is 2. The summed E-state index contributed by atoms with van der Waals surface area (Å²) in [6.07, 6.45) is 0. The Morgan fingerprint density at radius 1 is 0.882 bits per heavy atom. The fourth-order valence-corrected chi connectivity index (χ4v) is 4.34. The summed E-state index contributed by atoms with van der Waals surface area (Å²) < 4.78 is 32.7. The van der Waals surface area contributed by atoms with Crippen LogP contribution < -0.4 is 10.2 Å². The molecule has 0 saturated carbocycles. The maximum atomic E-state index is 13.6. The molecule has 0 bridgehead atoms. The number of nitrogens with one attached hydrogen (secondary N) is 1. The molecule has 1 atom stereocenters. The number of anilines is 1. The normalized spacial score (nSPS) is 16.1. The van der Waals surface area contributed by atoms with Crippen LogP contribution in [0.3, 0.4) is 0 Å². The number of halogens is 2. The van der Waals surface area contributed by atoms with Crippen molar-refractivity contribution in [1.82, 2.24) is 15.5 Å². The van der Waals surface area contributed by atoms with E-state index in [0.717, 1.165) is 22.5 Å². The van der Waals surface area contributed by atoms with E-state index in [9.17, 15) is 8.78 Å². The van der Waals surface area contributed by atoms with Gasteiger partial charge in [0.05, 0.1) is 11.6 Å². The summed E-state index contributed by atoms with van der Waals surface area (Å²) in [5.74, 6) is -0.0513. The number of hydrogen-bond acceptors (Lipinski definition) is 4. The van der Waals surface area contributed by atoms with Crippen LogP contribution in [-0.4, -0.2) is 15.3 Å². The summed E-state index contributed by atoms with van der Waals surface area (Å²) in [7, 11) is 0. The van der Waals surface area contributed by atoms with Crippen molar-refractivity contribution < 1.29 is 13.3 Å². The highest BCUT2D eigenvalue weighted by Crippen LogP contribution is 2.39. The molecule has 34 heavy (non-hydrogen) atoms. The van der Waals surface area contributed by atoms with Gasteiger partial charge in [-0.3, -0.25) is 4.90 Å². The Hall–Kier alpha value is -3.91. The molecule has 5 nitrogen and oxygen atoms in total. The van der Waals surface area contributed by atoms with E-state index in [2.05, 4.69) is 15.5 Å². The molecule has 0 amide bonds. The zero-order valence-electron chi connectivity index (χ0n) is 18.4. The minimum atomic E-state index is -0.434. The van der Waals surface area contributed by atoms with Gasteiger partial charge in [-0.1, -0.05) is 35.0 Å². The largest absolute Gasteiger partial charge is 0.351 e. The Kier molecular flexibility index (Phi) is 5.67. The maximum Gasteiger partial charge on any atom is 0.258 e. The van der Waals surface area contributed by atoms with Gasteiger partial charge in [-0.25, -0.2) is 8.78 Å². The Morgan fingerprint density at radius 3 is 2.15 bits per heavy atom. The van der Waals surface area contributed by atoms with Crippen molar-refractivity contribution in [3.8, 4) is 11.4 Å². The van der Waals surface area contributed by atoms with E-state index in [0.29, 0.717) is 28.0 Å². The summed E-state index contributed by atoms with van der Waals surface area (Å²) in [5, 5.41) is 7.96. The molecule has 0 radical (unpaired) electrons. The Balaban J connectivity index is 1.64. The lowest BCUT2D eigenvalue weighted by molar-refractivity contribution is 0.404. The Labute approximate surface area is 200 Å². The molecule has 170 valence electrons. The minimum Gasteiger partial charge on any atom is -0.351 e. The molecule has 0 fully saturated rings. The van der Waals surface area contributed by atoms with Crippen molar-refractivity contribution in [2.45, 2.75) is 19.9 Å². The van der Waals surface area contributed by atoms with E-state index >= 15 is 0 Å². The molecule has 8 heteroatoms. The lowest BCUT2D eigenvalue weighted by atomic mass is 9.94. The number of thiocarbonyl (C=S) groups is 1. The zero-order valence-corrected chi connectivity index (χ0v) is 19.2. The topological polar surface area (TPSA) is 54.2 Å². The van der Waals surface area contributed by atoms with Crippen molar-refractivity contribution in [2.75, 3.05) is 4.90 Å². The molecule has 1 N–H and O–H groups in total. The van der Waals surface area contributed by atoms with Crippen molar-refractivity contribution in [2.24, 2.45) is 0 Å². The van der Waals surface area contributed by atoms with Gasteiger partial charge in [0, 0.05) is 16.9 Å². The number of benzene rings is 3. The van der Waals surface area contributed by atoms with Crippen LogP contribution in [0.1, 0.15) is 30.0 Å². The van der Waals surface area contributed by atoms with Gasteiger partial charge in [-0.2, -0.15) is 4.98 Å². The summed E-state index contributed by atoms with van der Waals surface area (Å²) in [6.45, 7) is 3.95. The van der Waals surface area contributed by atoms with Gasteiger partial charge in [0.25, 0.3) is 5.89 Å². The van der Waals surface area contributed by atoms with E-state index in [-0.39, 0.29) is 11.6 Å². The average Bonchev–Trinajstić information content (AvgIpc) is 3.30. The van der Waals surface area contributed by atoms with Crippen LogP contribution in [0.2, 0.25) is 0 Å². The maximum absolute atomic E-state index is 13.6. The van der Waals surface area contributed by atoms with E-state index in [1.165, 1.54) is 24.3 Å². The first kappa shape index (κ1) is 21.9. The number of nitrogens with zero attached hydrogens (tertiary/aromatic N) is 3. The third kappa shape index (κ3) is 4.08. The number of aryl methyl sites for hydroxylation is 1. The fraction of sp³-hybridized carbons (Fsp3) is 0.115. The standard InChI is InChI=1S/C26H20F2N4OS/c1-15-3-13-21(14-4-15)32-16(2)22(23(29-26(32)34)17-5-9-19(27)10-6-17)25-30-24(31-33-25)18-7-11-20(28)12-8-18/h3-14,23H,1-2H3,(H,29,34). The summed E-state index contributed by atoms with van der Waals surface area (Å²) in [6, 6.07) is 19.6. The summed E-state index contributed by atoms with van der Waals surface area (Å²) >= 11 is 5.72. The predicted molar refractivity (Wildman–Crippen MR) is 131 cm³/mol. The third-order valence-corrected chi connectivity index (χ3v) is 6.04. The van der Waals surface area contributed by atoms with Gasteiger partial charge in [0.2, 0.25) is 5.82 Å². The summed E-state index contributed by atoms with van der Waals surface area (Å²) in [4.78, 5) is 6.51. The van der Waals surface area contributed by atoms with E-state index < -0.39 is 6.04 Å². The van der Waals surface area contributed by atoms with Crippen LogP contribution in [0.25, 0.3) is 17.0 Å². The second kappa shape index (κ2) is 8.79. The Bertz CT molecular complexity index is 1380. The van der Waals surface area contributed by atoms with Gasteiger partial charge < -0.3 is 9.84 Å². The highest BCUT2D eigenvalue weighted by molar-refractivity contribution is 7.80. The molecule has 0 spiro atoms. The molecule has 2 heterocycles. The lowest BCUT2D eigenvalue weighted by Gasteiger charge is -2.37. The SMILES string of the molecule is CC1=C(c2nc(-c3ccc(F)cc3)no2)C(c2ccc(F)cc2)NC(=S)N1c1ccc(C)cc1. The van der Waals surface area contributed by atoms with Gasteiger partial charge in [-0.05, 0) is 80.2 Å². The van der Waals surface area contributed by atoms with Crippen molar-refractivity contribution in [1.29, 1.82) is 0 Å². The highest BCUT2D eigenvalue weighted by Gasteiger charge is 2.34. The predicted octanol–water partition coefficient (Wildman–Crippen LogP) is 6.19. The summed E-state index contributed by atoms with van der Waals surface area (Å²) in [5.41, 5.74) is 4.95. The smallest absolute Gasteiger partial charge is 0.258 e. The van der Waals surface area contributed by atoms with Crippen LogP contribution in [0.5, 0.6) is 0 Å². The van der Waals surface area contributed by atoms with Crippen LogP contribution in [-0.2, 0) is 0 Å². The number of allylic oxidation sites excluding steroid dienone is 1. The molecule has 1 aliphatic rings. The van der Waals surface area contributed by atoms with Crippen LogP contribution in [0.15, 0.2) is 83.0 Å². The highest BCUT2D eigenvalue weighted by atomic mass is 32.1. The Morgan fingerprint density at radius 2 is 1.50 bits per heavy atom. The molecule has 3 aromatic carbocycles. The van der Waals surface area contributed by atoms with E-state index in [1.807, 2.05) is 43.0 Å². The first-order valence-corrected chi connectivity index (χ1v) is 11.0. The second-order valence-corrected chi connectivity index (χ2v) is 8.42. The third-order valence-electron chi connectivity index (χ3n) is 5.74. The van der Waals surface area contributed by atoms with E-state index in [4.69, 9.17) is 16.7 Å². The quantitative estimate of drug-likeness (QED) is 0.356. The van der Waals surface area contributed by atoms with Crippen molar-refractivity contribution in [3.05, 3.63) is 107 Å². The van der Waals surface area contributed by atoms with Crippen molar-refractivity contribution in [3.63, 3.8) is 0 Å². The molecule has 4 aromatic rings. The van der Waals surface area contributed by atoms with Crippen LogP contribution >= 0.6 is 12.2 Å². The molecule has 1 aromatic heterocycles. The molecular weight excluding hydrogens is 454 g/mol. The van der Waals surface area contributed by atoms with E-state index in [1.54, 1.807) is 24.3 Å². The first-order valence-electron chi connectivity index (χ1n) is 10.6. The average molecular weight is 475 g/mol. The van der Waals surface area contributed by atoms with Gasteiger partial charge in [-0.15, -0.1) is 0 Å². The number of rotatable bonds is 4. The van der Waals surface area contributed by atoms with Gasteiger partial charge in [0.1, 0.15) is 11.6 Å². The molecule has 0 saturated heterocycles. The molecule has 1 aliphatic heterocycles. The first-order chi connectivity index (χ1) is 16.4. The van der Waals surface area contributed by atoms with Gasteiger partial charge in [0.15, 0.2) is 5.11 Å². The zero-order chi connectivity index (χ0) is 23.8. The van der Waals surface area contributed by atoms with Crippen molar-refractivity contribution >= 4 is 28.6 Å². The molecule has 5 rings (SSSR count). The second-order valence-electron chi connectivity index (χ2n) is 8.03. The monoisotopic (exact) mass is 474 g/mol. The molecule has 0 aliphatic carbocycles. The molecule has 1 unspecified atom stereocenters. The molecular formula is C26H20F2N4OS. The fourth-order valence-electron chi connectivity index (χ4n) is 3.98. The van der Waals surface area contributed by atoms with Crippen LogP contribution in [0, 0.1) is 18.6 Å². The minimum absolute atomic E-state index is 0.290. The lowest BCUT2D eigenvalue weighted by Crippen LogP contribution is -2.46. The number of hydrogen-bond donors (Lipinski definition) is 1. The van der Waals surface area contributed by atoms with Gasteiger partial charge >= 0.3 is 0 Å². The van der Waals surface area contributed by atoms with Crippen LogP contribution in [0.4, 0.5) is 14.5 Å².